The molecule has 0 spiro atoms. The van der Waals surface area contributed by atoms with Gasteiger partial charge in [-0.2, -0.15) is 0 Å². The van der Waals surface area contributed by atoms with E-state index in [0.717, 1.165) is 16.7 Å². The molecule has 1 amide bonds. The van der Waals surface area contributed by atoms with Crippen LogP contribution >= 0.6 is 15.9 Å². The minimum Gasteiger partial charge on any atom is -0.362 e. The van der Waals surface area contributed by atoms with Gasteiger partial charge in [0.25, 0.3) is 6.20 Å². The zero-order valence-corrected chi connectivity index (χ0v) is 11.1. The summed E-state index contributed by atoms with van der Waals surface area (Å²) in [7, 11) is 1.43. The number of amides is 1. The molecule has 0 aliphatic rings. The van der Waals surface area contributed by atoms with Crippen molar-refractivity contribution in [2.45, 2.75) is 6.54 Å². The first-order chi connectivity index (χ1) is 8.52. The maximum Gasteiger partial charge on any atom is 0.274 e. The summed E-state index contributed by atoms with van der Waals surface area (Å²) in [5, 5.41) is 13.2. The lowest BCUT2D eigenvalue weighted by Crippen LogP contribution is -2.28. The van der Waals surface area contributed by atoms with Crippen molar-refractivity contribution in [1.82, 2.24) is 15.2 Å². The number of halogens is 1. The fraction of sp³-hybridized carbons (Fsp3) is 0.200. The number of carbonyl (C=O) groups is 1. The highest BCUT2D eigenvalue weighted by molar-refractivity contribution is 9.10. The molecule has 1 rings (SSSR count). The molecule has 0 aromatic carbocycles. The van der Waals surface area contributed by atoms with Crippen LogP contribution in [0.2, 0.25) is 0 Å². The summed E-state index contributed by atoms with van der Waals surface area (Å²) in [4.78, 5) is 25.5. The maximum atomic E-state index is 10.6. The van der Waals surface area contributed by atoms with Crippen molar-refractivity contribution in [3.05, 3.63) is 50.6 Å². The lowest BCUT2D eigenvalue weighted by molar-refractivity contribution is -0.404. The molecular formula is C10H11BrN4O3. The molecule has 18 heavy (non-hydrogen) atoms. The van der Waals surface area contributed by atoms with Crippen molar-refractivity contribution >= 4 is 22.3 Å². The zero-order valence-electron chi connectivity index (χ0n) is 9.54. The first-order valence-electron chi connectivity index (χ1n) is 4.90. The molecule has 8 heteroatoms. The topological polar surface area (TPSA) is 88.4 Å². The van der Waals surface area contributed by atoms with E-state index in [1.54, 1.807) is 12.3 Å². The lowest BCUT2D eigenvalue weighted by atomic mass is 10.3. The summed E-state index contributed by atoms with van der Waals surface area (Å²) >= 11 is 3.21. The molecule has 0 radical (unpaired) electrons. The van der Waals surface area contributed by atoms with Crippen LogP contribution < -0.4 is 5.32 Å². The molecule has 0 saturated carbocycles. The van der Waals surface area contributed by atoms with E-state index >= 15 is 0 Å². The number of hydrogen-bond acceptors (Lipinski definition) is 5. The van der Waals surface area contributed by atoms with Gasteiger partial charge >= 0.3 is 0 Å². The molecule has 0 fully saturated rings. The van der Waals surface area contributed by atoms with Gasteiger partial charge in [-0.15, -0.1) is 0 Å². The zero-order chi connectivity index (χ0) is 13.5. The highest BCUT2D eigenvalue weighted by atomic mass is 79.9. The summed E-state index contributed by atoms with van der Waals surface area (Å²) in [6.07, 6.45) is 2.85. The molecule has 1 heterocycles. The number of rotatable bonds is 6. The molecule has 0 atom stereocenters. The Morgan fingerprint density at radius 2 is 2.39 bits per heavy atom. The van der Waals surface area contributed by atoms with Gasteiger partial charge in [0.15, 0.2) is 5.82 Å². The van der Waals surface area contributed by atoms with Crippen LogP contribution in [0.1, 0.15) is 5.56 Å². The summed E-state index contributed by atoms with van der Waals surface area (Å²) in [6.45, 7) is 0.331. The fourth-order valence-electron chi connectivity index (χ4n) is 1.12. The number of nitro groups is 1. The van der Waals surface area contributed by atoms with Crippen LogP contribution in [0.15, 0.2) is 35.0 Å². The van der Waals surface area contributed by atoms with E-state index in [9.17, 15) is 14.9 Å². The number of carbonyl (C=O) groups excluding carboxylic acids is 1. The Hall–Kier alpha value is -1.96. The van der Waals surface area contributed by atoms with Crippen LogP contribution in [-0.2, 0) is 11.3 Å². The Morgan fingerprint density at radius 3 is 2.89 bits per heavy atom. The smallest absolute Gasteiger partial charge is 0.274 e. The van der Waals surface area contributed by atoms with Gasteiger partial charge < -0.3 is 5.32 Å². The Balaban J connectivity index is 2.70. The van der Waals surface area contributed by atoms with Crippen molar-refractivity contribution in [3.8, 4) is 0 Å². The van der Waals surface area contributed by atoms with Crippen LogP contribution in [0.5, 0.6) is 0 Å². The van der Waals surface area contributed by atoms with E-state index in [0.29, 0.717) is 17.6 Å². The monoisotopic (exact) mass is 314 g/mol. The molecule has 0 aliphatic carbocycles. The minimum absolute atomic E-state index is 0.109. The number of aromatic nitrogens is 1. The molecule has 1 N–H and O–H groups in total. The Kier molecular flexibility index (Phi) is 5.25. The predicted octanol–water partition coefficient (Wildman–Crippen LogP) is 1.10. The van der Waals surface area contributed by atoms with Gasteiger partial charge in [0.05, 0.1) is 4.92 Å². The van der Waals surface area contributed by atoms with Crippen LogP contribution in [0.3, 0.4) is 0 Å². The first kappa shape index (κ1) is 14.1. The van der Waals surface area contributed by atoms with Gasteiger partial charge in [-0.05, 0) is 27.6 Å². The highest BCUT2D eigenvalue weighted by Crippen LogP contribution is 2.06. The van der Waals surface area contributed by atoms with Gasteiger partial charge in [-0.3, -0.25) is 19.8 Å². The molecule has 0 saturated heterocycles. The Bertz CT molecular complexity index is 461. The second-order valence-electron chi connectivity index (χ2n) is 3.36. The second kappa shape index (κ2) is 6.70. The minimum atomic E-state index is -0.623. The third kappa shape index (κ3) is 4.50. The number of hydrogen-bond donors (Lipinski definition) is 1. The van der Waals surface area contributed by atoms with Crippen molar-refractivity contribution in [3.63, 3.8) is 0 Å². The summed E-state index contributed by atoms with van der Waals surface area (Å²) < 4.78 is 0.706. The van der Waals surface area contributed by atoms with Crippen molar-refractivity contribution in [2.24, 2.45) is 0 Å². The predicted molar refractivity (Wildman–Crippen MR) is 67.7 cm³/mol. The average molecular weight is 315 g/mol. The summed E-state index contributed by atoms with van der Waals surface area (Å²) in [5.74, 6) is 0.109. The quantitative estimate of drug-likeness (QED) is 0.367. The summed E-state index contributed by atoms with van der Waals surface area (Å²) in [6, 6.07) is 3.58. The van der Waals surface area contributed by atoms with Crippen molar-refractivity contribution in [1.29, 1.82) is 0 Å². The highest BCUT2D eigenvalue weighted by Gasteiger charge is 2.08. The van der Waals surface area contributed by atoms with Crippen molar-refractivity contribution in [2.75, 3.05) is 7.05 Å². The van der Waals surface area contributed by atoms with E-state index < -0.39 is 4.92 Å². The molecule has 0 unspecified atom stereocenters. The second-order valence-corrected chi connectivity index (χ2v) is 4.17. The van der Waals surface area contributed by atoms with E-state index in [4.69, 9.17) is 0 Å². The lowest BCUT2D eigenvalue weighted by Gasteiger charge is -2.14. The van der Waals surface area contributed by atoms with Gasteiger partial charge in [0, 0.05) is 19.8 Å². The van der Waals surface area contributed by atoms with E-state index in [1.807, 2.05) is 6.07 Å². The molecule has 0 aliphatic heterocycles. The van der Waals surface area contributed by atoms with Gasteiger partial charge in [-0.1, -0.05) is 6.07 Å². The summed E-state index contributed by atoms with van der Waals surface area (Å²) in [5.41, 5.74) is 0.840. The van der Waals surface area contributed by atoms with E-state index in [1.165, 1.54) is 7.05 Å². The van der Waals surface area contributed by atoms with Crippen LogP contribution in [-0.4, -0.2) is 28.3 Å². The first-order valence-corrected chi connectivity index (χ1v) is 5.70. The third-order valence-corrected chi connectivity index (χ3v) is 2.50. The van der Waals surface area contributed by atoms with Crippen LogP contribution in [0.25, 0.3) is 0 Å². The fourth-order valence-corrected chi connectivity index (χ4v) is 1.36. The third-order valence-electron chi connectivity index (χ3n) is 2.03. The van der Waals surface area contributed by atoms with Gasteiger partial charge in [0.1, 0.15) is 4.60 Å². The molecule has 1 aromatic heterocycles. The van der Waals surface area contributed by atoms with Gasteiger partial charge in [-0.25, -0.2) is 4.98 Å². The average Bonchev–Trinajstić information content (AvgIpc) is 2.35. The normalized spacial score (nSPS) is 10.9. The number of pyridine rings is 1. The van der Waals surface area contributed by atoms with Gasteiger partial charge in [0.2, 0.25) is 6.41 Å². The Morgan fingerprint density at radius 1 is 1.67 bits per heavy atom. The maximum absolute atomic E-state index is 10.6. The van der Waals surface area contributed by atoms with E-state index in [-0.39, 0.29) is 5.82 Å². The molecular weight excluding hydrogens is 304 g/mol. The number of nitrogens with zero attached hydrogens (tertiary/aromatic N) is 3. The SMILES string of the molecule is CN(C=O)C(=C[N+](=O)[O-])NCc1ccc(Br)nc1. The molecule has 1 aromatic rings. The van der Waals surface area contributed by atoms with Crippen molar-refractivity contribution < 1.29 is 9.72 Å². The largest absolute Gasteiger partial charge is 0.362 e. The number of nitrogens with one attached hydrogen (secondary N) is 1. The standard InChI is InChI=1S/C10H11BrN4O3/c1-14(7-16)10(6-15(17)18)13-5-8-2-3-9(11)12-4-8/h2-4,6-7,13H,5H2,1H3. The van der Waals surface area contributed by atoms with Crippen LogP contribution in [0, 0.1) is 10.1 Å². The molecule has 0 bridgehead atoms. The molecule has 7 nitrogen and oxygen atoms in total. The van der Waals surface area contributed by atoms with E-state index in [2.05, 4.69) is 26.2 Å². The molecule has 96 valence electrons. The van der Waals surface area contributed by atoms with Crippen LogP contribution in [0.4, 0.5) is 0 Å². The Labute approximate surface area is 112 Å².